The summed E-state index contributed by atoms with van der Waals surface area (Å²) in [6, 6.07) is 24.4. The number of nitrogens with one attached hydrogen (secondary N) is 2. The van der Waals surface area contributed by atoms with E-state index in [4.69, 9.17) is 9.15 Å². The summed E-state index contributed by atoms with van der Waals surface area (Å²) in [5, 5.41) is 5.43. The molecule has 0 aliphatic rings. The lowest BCUT2D eigenvalue weighted by atomic mass is 10.1. The first-order valence-corrected chi connectivity index (χ1v) is 13.6. The van der Waals surface area contributed by atoms with Crippen LogP contribution in [0.1, 0.15) is 23.0 Å². The summed E-state index contributed by atoms with van der Waals surface area (Å²) >= 11 is 0. The van der Waals surface area contributed by atoms with Crippen molar-refractivity contribution in [3.8, 4) is 11.5 Å². The zero-order valence-electron chi connectivity index (χ0n) is 20.8. The fourth-order valence-electron chi connectivity index (χ4n) is 3.80. The van der Waals surface area contributed by atoms with E-state index in [0.29, 0.717) is 22.9 Å². The first kappa shape index (κ1) is 26.5. The topological polar surface area (TPSA) is 118 Å². The number of hydrogen-bond acceptors (Lipinski definition) is 6. The second-order valence-corrected chi connectivity index (χ2v) is 10.3. The van der Waals surface area contributed by atoms with E-state index >= 15 is 0 Å². The molecule has 3 aromatic carbocycles. The van der Waals surface area contributed by atoms with Crippen LogP contribution in [-0.2, 0) is 21.4 Å². The summed E-state index contributed by atoms with van der Waals surface area (Å²) in [6.45, 7) is 1.65. The van der Waals surface area contributed by atoms with Gasteiger partial charge in [-0.05, 0) is 67.6 Å². The molecule has 4 aromatic rings. The molecule has 9 nitrogen and oxygen atoms in total. The lowest BCUT2D eigenvalue weighted by Crippen LogP contribution is -2.45. The highest BCUT2D eigenvalue weighted by Gasteiger charge is 2.30. The monoisotopic (exact) mass is 533 g/mol. The van der Waals surface area contributed by atoms with Crippen molar-refractivity contribution in [2.75, 3.05) is 15.9 Å². The van der Waals surface area contributed by atoms with E-state index in [1.54, 1.807) is 72.8 Å². The number of amides is 2. The van der Waals surface area contributed by atoms with E-state index in [-0.39, 0.29) is 17.8 Å². The standard InChI is InChI=1S/C28H27N3O6S/c1-20(27(32)30-26-13-7-6-12-25(26)28(33)29-19-24-11-8-18-36-24)31(38(2,34)35)21-14-16-23(17-15-21)37-22-9-4-3-5-10-22/h3-18,20H,19H2,1-2H3,(H,29,33)(H,30,32)/t20-/m0/s1. The van der Waals surface area contributed by atoms with Gasteiger partial charge in [-0.15, -0.1) is 0 Å². The molecule has 38 heavy (non-hydrogen) atoms. The predicted octanol–water partition coefficient (Wildman–Crippen LogP) is 4.80. The van der Waals surface area contributed by atoms with Crippen LogP contribution < -0.4 is 19.7 Å². The number of para-hydroxylation sites is 2. The van der Waals surface area contributed by atoms with Crippen LogP contribution in [0.5, 0.6) is 11.5 Å². The molecule has 4 rings (SSSR count). The maximum Gasteiger partial charge on any atom is 0.253 e. The average molecular weight is 534 g/mol. The van der Waals surface area contributed by atoms with Crippen molar-refractivity contribution < 1.29 is 27.2 Å². The molecular formula is C28H27N3O6S. The smallest absolute Gasteiger partial charge is 0.253 e. The molecule has 0 fully saturated rings. The van der Waals surface area contributed by atoms with Crippen molar-refractivity contribution in [2.45, 2.75) is 19.5 Å². The number of carbonyl (C=O) groups is 2. The Kier molecular flexibility index (Phi) is 8.12. The third-order valence-corrected chi connectivity index (χ3v) is 6.83. The van der Waals surface area contributed by atoms with Crippen LogP contribution in [-0.4, -0.2) is 32.5 Å². The summed E-state index contributed by atoms with van der Waals surface area (Å²) in [5.74, 6) is 0.711. The van der Waals surface area contributed by atoms with E-state index in [9.17, 15) is 18.0 Å². The number of rotatable bonds is 10. The van der Waals surface area contributed by atoms with Gasteiger partial charge < -0.3 is 19.8 Å². The maximum atomic E-state index is 13.2. The Morgan fingerprint density at radius 2 is 1.55 bits per heavy atom. The molecule has 1 atom stereocenters. The minimum atomic E-state index is -3.84. The van der Waals surface area contributed by atoms with Gasteiger partial charge in [0.2, 0.25) is 15.9 Å². The van der Waals surface area contributed by atoms with Gasteiger partial charge in [0, 0.05) is 0 Å². The quantitative estimate of drug-likeness (QED) is 0.303. The molecule has 196 valence electrons. The molecule has 2 amide bonds. The maximum absolute atomic E-state index is 13.2. The first-order valence-electron chi connectivity index (χ1n) is 11.8. The number of benzene rings is 3. The predicted molar refractivity (Wildman–Crippen MR) is 145 cm³/mol. The van der Waals surface area contributed by atoms with Gasteiger partial charge in [0.25, 0.3) is 5.91 Å². The Labute approximate surface area is 221 Å². The van der Waals surface area contributed by atoms with Gasteiger partial charge in [-0.1, -0.05) is 30.3 Å². The summed E-state index contributed by atoms with van der Waals surface area (Å²) in [5.41, 5.74) is 0.773. The summed E-state index contributed by atoms with van der Waals surface area (Å²) in [4.78, 5) is 26.0. The van der Waals surface area contributed by atoms with Gasteiger partial charge in [0.1, 0.15) is 23.3 Å². The van der Waals surface area contributed by atoms with E-state index < -0.39 is 27.9 Å². The number of ether oxygens (including phenoxy) is 1. The highest BCUT2D eigenvalue weighted by Crippen LogP contribution is 2.27. The zero-order valence-corrected chi connectivity index (χ0v) is 21.6. The lowest BCUT2D eigenvalue weighted by molar-refractivity contribution is -0.116. The van der Waals surface area contributed by atoms with Crippen molar-refractivity contribution in [1.29, 1.82) is 0 Å². The highest BCUT2D eigenvalue weighted by atomic mass is 32.2. The molecule has 0 aliphatic carbocycles. The molecule has 1 heterocycles. The molecule has 0 saturated heterocycles. The number of furan rings is 1. The zero-order chi connectivity index (χ0) is 27.1. The van der Waals surface area contributed by atoms with Crippen LogP contribution in [0.2, 0.25) is 0 Å². The second kappa shape index (κ2) is 11.7. The van der Waals surface area contributed by atoms with Crippen molar-refractivity contribution in [1.82, 2.24) is 5.32 Å². The van der Waals surface area contributed by atoms with Crippen LogP contribution in [0.15, 0.2) is 102 Å². The number of sulfonamides is 1. The molecule has 10 heteroatoms. The SMILES string of the molecule is C[C@@H](C(=O)Nc1ccccc1C(=O)NCc1ccco1)N(c1ccc(Oc2ccccc2)cc1)S(C)(=O)=O. The molecule has 0 aliphatic heterocycles. The Hall–Kier alpha value is -4.57. The minimum absolute atomic E-state index is 0.177. The molecule has 0 spiro atoms. The van der Waals surface area contributed by atoms with Gasteiger partial charge in [0.05, 0.1) is 36.0 Å². The largest absolute Gasteiger partial charge is 0.467 e. The lowest BCUT2D eigenvalue weighted by Gasteiger charge is -2.28. The summed E-state index contributed by atoms with van der Waals surface area (Å²) < 4.78 is 37.5. The van der Waals surface area contributed by atoms with E-state index in [0.717, 1.165) is 10.6 Å². The minimum Gasteiger partial charge on any atom is -0.467 e. The van der Waals surface area contributed by atoms with Gasteiger partial charge in [0.15, 0.2) is 0 Å². The van der Waals surface area contributed by atoms with E-state index in [1.807, 2.05) is 18.2 Å². The van der Waals surface area contributed by atoms with Gasteiger partial charge in [-0.25, -0.2) is 8.42 Å². The van der Waals surface area contributed by atoms with Crippen LogP contribution >= 0.6 is 0 Å². The van der Waals surface area contributed by atoms with E-state index in [2.05, 4.69) is 10.6 Å². The Morgan fingerprint density at radius 3 is 2.21 bits per heavy atom. The van der Waals surface area contributed by atoms with Crippen molar-refractivity contribution >= 4 is 33.2 Å². The molecular weight excluding hydrogens is 506 g/mol. The first-order chi connectivity index (χ1) is 18.2. The molecule has 0 unspecified atom stereocenters. The normalized spacial score (nSPS) is 11.8. The van der Waals surface area contributed by atoms with Crippen molar-refractivity contribution in [3.63, 3.8) is 0 Å². The highest BCUT2D eigenvalue weighted by molar-refractivity contribution is 7.92. The van der Waals surface area contributed by atoms with Crippen LogP contribution in [0.4, 0.5) is 11.4 Å². The van der Waals surface area contributed by atoms with Crippen LogP contribution in [0.3, 0.4) is 0 Å². The molecule has 2 N–H and O–H groups in total. The number of nitrogens with zero attached hydrogens (tertiary/aromatic N) is 1. The summed E-state index contributed by atoms with van der Waals surface area (Å²) in [6.07, 6.45) is 2.54. The van der Waals surface area contributed by atoms with Crippen LogP contribution in [0.25, 0.3) is 0 Å². The van der Waals surface area contributed by atoms with Gasteiger partial charge >= 0.3 is 0 Å². The van der Waals surface area contributed by atoms with Crippen molar-refractivity contribution in [3.05, 3.63) is 109 Å². The van der Waals surface area contributed by atoms with Crippen molar-refractivity contribution in [2.24, 2.45) is 0 Å². The molecule has 0 bridgehead atoms. The third-order valence-electron chi connectivity index (χ3n) is 5.59. The molecule has 0 saturated carbocycles. The van der Waals surface area contributed by atoms with Crippen LogP contribution in [0, 0.1) is 0 Å². The van der Waals surface area contributed by atoms with Gasteiger partial charge in [-0.3, -0.25) is 13.9 Å². The molecule has 0 radical (unpaired) electrons. The fraction of sp³-hybridized carbons (Fsp3) is 0.143. The number of anilines is 2. The summed E-state index contributed by atoms with van der Waals surface area (Å²) in [7, 11) is -3.84. The Morgan fingerprint density at radius 1 is 0.895 bits per heavy atom. The Bertz CT molecular complexity index is 1490. The van der Waals surface area contributed by atoms with E-state index in [1.165, 1.54) is 13.2 Å². The third kappa shape index (κ3) is 6.60. The number of hydrogen-bond donors (Lipinski definition) is 2. The number of carbonyl (C=O) groups excluding carboxylic acids is 2. The fourth-order valence-corrected chi connectivity index (χ4v) is 4.97. The Balaban J connectivity index is 1.49. The average Bonchev–Trinajstić information content (AvgIpc) is 3.42. The molecule has 1 aromatic heterocycles. The van der Waals surface area contributed by atoms with Gasteiger partial charge in [-0.2, -0.15) is 0 Å². The second-order valence-electron chi connectivity index (χ2n) is 8.44.